The van der Waals surface area contributed by atoms with Gasteiger partial charge in [0.15, 0.2) is 5.13 Å². The number of aryl methyl sites for hydroxylation is 1. The average Bonchev–Trinajstić information content (AvgIpc) is 3.01. The number of carbonyl (C=O) groups is 2. The van der Waals surface area contributed by atoms with E-state index in [2.05, 4.69) is 35.4 Å². The molecule has 7 heteroatoms. The molecule has 1 amide bonds. The summed E-state index contributed by atoms with van der Waals surface area (Å²) in [4.78, 5) is 30.6. The molecule has 2 N–H and O–H groups in total. The number of nitrogens with zero attached hydrogens (tertiary/aromatic N) is 2. The van der Waals surface area contributed by atoms with E-state index < -0.39 is 5.97 Å². The van der Waals surface area contributed by atoms with Gasteiger partial charge in [-0.3, -0.25) is 14.5 Å². The summed E-state index contributed by atoms with van der Waals surface area (Å²) in [5.41, 5.74) is 2.45. The fraction of sp³-hybridized carbons (Fsp3) is 0.421. The lowest BCUT2D eigenvalue weighted by molar-refractivity contribution is -0.144. The van der Waals surface area contributed by atoms with Crippen LogP contribution in [0.3, 0.4) is 0 Å². The van der Waals surface area contributed by atoms with Gasteiger partial charge in [-0.25, -0.2) is 4.98 Å². The minimum absolute atomic E-state index is 0.146. The minimum Gasteiger partial charge on any atom is -0.481 e. The number of amides is 1. The van der Waals surface area contributed by atoms with E-state index >= 15 is 0 Å². The van der Waals surface area contributed by atoms with Gasteiger partial charge >= 0.3 is 5.97 Å². The summed E-state index contributed by atoms with van der Waals surface area (Å²) in [6.45, 7) is 3.46. The maximum absolute atomic E-state index is 12.2. The van der Waals surface area contributed by atoms with Gasteiger partial charge in [-0.1, -0.05) is 29.8 Å². The number of carbonyl (C=O) groups excluding carboxylic acids is 1. The van der Waals surface area contributed by atoms with Crippen molar-refractivity contribution in [3.05, 3.63) is 46.5 Å². The maximum atomic E-state index is 12.2. The molecule has 2 heterocycles. The Morgan fingerprint density at radius 2 is 2.27 bits per heavy atom. The number of carboxylic acids is 1. The van der Waals surface area contributed by atoms with Crippen LogP contribution in [-0.2, 0) is 16.0 Å². The molecule has 1 aliphatic heterocycles. The van der Waals surface area contributed by atoms with Crippen LogP contribution in [0.2, 0.25) is 0 Å². The lowest BCUT2D eigenvalue weighted by Gasteiger charge is -2.29. The highest BCUT2D eigenvalue weighted by atomic mass is 32.1. The van der Waals surface area contributed by atoms with E-state index in [9.17, 15) is 9.59 Å². The molecule has 0 spiro atoms. The molecular formula is C19H23N3O3S. The second kappa shape index (κ2) is 8.42. The lowest BCUT2D eigenvalue weighted by Crippen LogP contribution is -2.42. The van der Waals surface area contributed by atoms with Gasteiger partial charge in [-0.05, 0) is 31.9 Å². The highest BCUT2D eigenvalue weighted by Gasteiger charge is 2.26. The van der Waals surface area contributed by atoms with Crippen LogP contribution in [0, 0.1) is 12.8 Å². The molecule has 0 saturated carbocycles. The van der Waals surface area contributed by atoms with Crippen molar-refractivity contribution in [3.8, 4) is 0 Å². The number of benzene rings is 1. The Hall–Kier alpha value is -2.25. The first-order chi connectivity index (χ1) is 12.5. The Morgan fingerprint density at radius 1 is 1.42 bits per heavy atom. The average molecular weight is 373 g/mol. The highest BCUT2D eigenvalue weighted by molar-refractivity contribution is 7.15. The van der Waals surface area contributed by atoms with Gasteiger partial charge in [-0.2, -0.15) is 0 Å². The Bertz CT molecular complexity index is 790. The largest absolute Gasteiger partial charge is 0.481 e. The van der Waals surface area contributed by atoms with Crippen molar-refractivity contribution in [2.75, 3.05) is 25.0 Å². The number of piperidine rings is 1. The van der Waals surface area contributed by atoms with Crippen molar-refractivity contribution >= 4 is 28.3 Å². The molecule has 1 atom stereocenters. The number of aliphatic carboxylic acids is 1. The third-order valence-electron chi connectivity index (χ3n) is 4.48. The summed E-state index contributed by atoms with van der Waals surface area (Å²) in [7, 11) is 0. The van der Waals surface area contributed by atoms with Crippen molar-refractivity contribution in [1.29, 1.82) is 0 Å². The Balaban J connectivity index is 1.52. The fourth-order valence-electron chi connectivity index (χ4n) is 3.23. The molecule has 0 radical (unpaired) electrons. The van der Waals surface area contributed by atoms with Crippen LogP contribution in [-0.4, -0.2) is 46.5 Å². The van der Waals surface area contributed by atoms with Gasteiger partial charge in [0.25, 0.3) is 0 Å². The van der Waals surface area contributed by atoms with Crippen molar-refractivity contribution in [1.82, 2.24) is 9.88 Å². The molecule has 26 heavy (non-hydrogen) atoms. The van der Waals surface area contributed by atoms with Crippen molar-refractivity contribution in [3.63, 3.8) is 0 Å². The molecule has 0 bridgehead atoms. The summed E-state index contributed by atoms with van der Waals surface area (Å²) in [5.74, 6) is -1.30. The number of carboxylic acid groups (broad SMARTS) is 1. The minimum atomic E-state index is -0.782. The second-order valence-electron chi connectivity index (χ2n) is 6.76. The van der Waals surface area contributed by atoms with E-state index in [1.165, 1.54) is 22.5 Å². The first-order valence-electron chi connectivity index (χ1n) is 8.75. The smallest absolute Gasteiger partial charge is 0.307 e. The topological polar surface area (TPSA) is 82.5 Å². The van der Waals surface area contributed by atoms with Crippen LogP contribution >= 0.6 is 11.3 Å². The van der Waals surface area contributed by atoms with Crippen LogP contribution in [0.25, 0.3) is 0 Å². The number of rotatable bonds is 6. The number of nitrogens with one attached hydrogen (secondary N) is 1. The number of likely N-dealkylation sites (tertiary alicyclic amines) is 1. The molecule has 1 fully saturated rings. The number of aromatic nitrogens is 1. The normalized spacial score (nSPS) is 17.8. The van der Waals surface area contributed by atoms with Crippen LogP contribution < -0.4 is 5.32 Å². The summed E-state index contributed by atoms with van der Waals surface area (Å²) >= 11 is 1.47. The Kier molecular flexibility index (Phi) is 6.00. The standard InChI is InChI=1S/C19H23N3O3S/c1-13-4-2-5-14(8-13)9-16-10-20-19(26-16)21-17(23)12-22-7-3-6-15(11-22)18(24)25/h2,4-5,8,10,15H,3,6-7,9,11-12H2,1H3,(H,24,25)(H,20,21,23). The molecule has 1 aliphatic rings. The summed E-state index contributed by atoms with van der Waals surface area (Å²) in [6, 6.07) is 8.34. The van der Waals surface area contributed by atoms with Crippen LogP contribution in [0.5, 0.6) is 0 Å². The van der Waals surface area contributed by atoms with E-state index in [-0.39, 0.29) is 18.4 Å². The summed E-state index contributed by atoms with van der Waals surface area (Å²) in [6.07, 6.45) is 4.08. The molecule has 1 unspecified atom stereocenters. The Labute approximate surface area is 156 Å². The number of hydrogen-bond acceptors (Lipinski definition) is 5. The van der Waals surface area contributed by atoms with E-state index in [4.69, 9.17) is 5.11 Å². The van der Waals surface area contributed by atoms with Gasteiger partial charge in [0.05, 0.1) is 12.5 Å². The predicted molar refractivity (Wildman–Crippen MR) is 102 cm³/mol. The van der Waals surface area contributed by atoms with Crippen LogP contribution in [0.15, 0.2) is 30.5 Å². The van der Waals surface area contributed by atoms with E-state index in [1.54, 1.807) is 6.20 Å². The van der Waals surface area contributed by atoms with Crippen molar-refractivity contribution in [2.24, 2.45) is 5.92 Å². The van der Waals surface area contributed by atoms with Crippen molar-refractivity contribution < 1.29 is 14.7 Å². The number of anilines is 1. The predicted octanol–water partition coefficient (Wildman–Crippen LogP) is 2.78. The summed E-state index contributed by atoms with van der Waals surface area (Å²) in [5, 5.41) is 12.5. The quantitative estimate of drug-likeness (QED) is 0.814. The molecule has 3 rings (SSSR count). The molecule has 0 aliphatic carbocycles. The number of thiazole rings is 1. The van der Waals surface area contributed by atoms with Gasteiger partial charge in [0.2, 0.25) is 5.91 Å². The van der Waals surface area contributed by atoms with Crippen LogP contribution in [0.1, 0.15) is 28.8 Å². The molecule has 2 aromatic rings. The third-order valence-corrected chi connectivity index (χ3v) is 5.40. The first kappa shape index (κ1) is 18.5. The lowest BCUT2D eigenvalue weighted by atomic mass is 9.98. The summed E-state index contributed by atoms with van der Waals surface area (Å²) < 4.78 is 0. The van der Waals surface area contributed by atoms with E-state index in [1.807, 2.05) is 11.0 Å². The SMILES string of the molecule is Cc1cccc(Cc2cnc(NC(=O)CN3CCCC(C(=O)O)C3)s2)c1. The van der Waals surface area contributed by atoms with Crippen molar-refractivity contribution in [2.45, 2.75) is 26.2 Å². The molecule has 1 aromatic carbocycles. The van der Waals surface area contributed by atoms with Gasteiger partial charge in [0, 0.05) is 24.0 Å². The zero-order valence-electron chi connectivity index (χ0n) is 14.8. The zero-order chi connectivity index (χ0) is 18.5. The molecular weight excluding hydrogens is 350 g/mol. The first-order valence-corrected chi connectivity index (χ1v) is 9.56. The van der Waals surface area contributed by atoms with E-state index in [0.717, 1.165) is 24.3 Å². The fourth-order valence-corrected chi connectivity index (χ4v) is 4.10. The van der Waals surface area contributed by atoms with E-state index in [0.29, 0.717) is 18.1 Å². The van der Waals surface area contributed by atoms with Gasteiger partial charge in [0.1, 0.15) is 0 Å². The van der Waals surface area contributed by atoms with Crippen LogP contribution in [0.4, 0.5) is 5.13 Å². The zero-order valence-corrected chi connectivity index (χ0v) is 15.6. The highest BCUT2D eigenvalue weighted by Crippen LogP contribution is 2.22. The maximum Gasteiger partial charge on any atom is 0.307 e. The molecule has 1 aromatic heterocycles. The monoisotopic (exact) mass is 373 g/mol. The Morgan fingerprint density at radius 3 is 3.04 bits per heavy atom. The second-order valence-corrected chi connectivity index (χ2v) is 7.87. The van der Waals surface area contributed by atoms with Gasteiger partial charge in [-0.15, -0.1) is 11.3 Å². The third kappa shape index (κ3) is 5.12. The number of hydrogen-bond donors (Lipinski definition) is 2. The molecule has 6 nitrogen and oxygen atoms in total. The molecule has 138 valence electrons. The molecule has 1 saturated heterocycles. The van der Waals surface area contributed by atoms with Gasteiger partial charge < -0.3 is 10.4 Å².